The van der Waals surface area contributed by atoms with Crippen LogP contribution < -0.4 is 5.32 Å². The second-order valence-corrected chi connectivity index (χ2v) is 4.04. The van der Waals surface area contributed by atoms with Gasteiger partial charge in [-0.25, -0.2) is 4.79 Å². The molecule has 0 aliphatic heterocycles. The van der Waals surface area contributed by atoms with E-state index in [2.05, 4.69) is 5.32 Å². The van der Waals surface area contributed by atoms with Crippen molar-refractivity contribution in [2.75, 3.05) is 5.32 Å². The summed E-state index contributed by atoms with van der Waals surface area (Å²) in [5.41, 5.74) is 0.401. The van der Waals surface area contributed by atoms with Crippen molar-refractivity contribution in [3.63, 3.8) is 0 Å². The molecule has 20 heavy (non-hydrogen) atoms. The van der Waals surface area contributed by atoms with Crippen LogP contribution in [-0.2, 0) is 0 Å². The van der Waals surface area contributed by atoms with E-state index in [-0.39, 0.29) is 22.6 Å². The molecule has 1 amide bonds. The topological polar surface area (TPSA) is 107 Å². The summed E-state index contributed by atoms with van der Waals surface area (Å²) in [6.45, 7) is 0. The highest BCUT2D eigenvalue weighted by Crippen LogP contribution is 2.23. The van der Waals surface area contributed by atoms with Gasteiger partial charge >= 0.3 is 5.97 Å². The number of amides is 1. The van der Waals surface area contributed by atoms with Crippen molar-refractivity contribution in [3.05, 3.63) is 53.6 Å². The molecule has 2 rings (SSSR count). The summed E-state index contributed by atoms with van der Waals surface area (Å²) in [4.78, 5) is 22.6. The van der Waals surface area contributed by atoms with E-state index in [4.69, 9.17) is 5.11 Å². The highest BCUT2D eigenvalue weighted by Gasteiger charge is 2.12. The van der Waals surface area contributed by atoms with E-state index in [1.807, 2.05) is 0 Å². The molecule has 2 aromatic carbocycles. The van der Waals surface area contributed by atoms with Crippen molar-refractivity contribution in [1.29, 1.82) is 0 Å². The fourth-order valence-electron chi connectivity index (χ4n) is 1.60. The third kappa shape index (κ3) is 2.86. The third-order valence-corrected chi connectivity index (χ3v) is 2.61. The molecule has 0 atom stereocenters. The molecule has 0 aromatic heterocycles. The normalized spacial score (nSPS) is 10.0. The minimum Gasteiger partial charge on any atom is -0.508 e. The summed E-state index contributed by atoms with van der Waals surface area (Å²) in [7, 11) is 0. The Bertz CT molecular complexity index is 664. The molecule has 4 N–H and O–H groups in total. The fourth-order valence-corrected chi connectivity index (χ4v) is 1.60. The van der Waals surface area contributed by atoms with Crippen LogP contribution in [0.25, 0.3) is 0 Å². The smallest absolute Gasteiger partial charge is 0.335 e. The van der Waals surface area contributed by atoms with E-state index in [9.17, 15) is 19.8 Å². The zero-order valence-electron chi connectivity index (χ0n) is 10.2. The molecule has 0 radical (unpaired) electrons. The summed E-state index contributed by atoms with van der Waals surface area (Å²) in [5.74, 6) is -2.08. The van der Waals surface area contributed by atoms with Crippen LogP contribution >= 0.6 is 0 Å². The summed E-state index contributed by atoms with van der Waals surface area (Å²) in [6, 6.07) is 9.16. The Labute approximate surface area is 113 Å². The second kappa shape index (κ2) is 5.31. The Balaban J connectivity index is 2.19. The van der Waals surface area contributed by atoms with Crippen LogP contribution in [0.4, 0.5) is 5.69 Å². The molecule has 6 nitrogen and oxygen atoms in total. The van der Waals surface area contributed by atoms with Crippen LogP contribution in [0.15, 0.2) is 42.5 Å². The highest BCUT2D eigenvalue weighted by molar-refractivity contribution is 6.06. The van der Waals surface area contributed by atoms with E-state index >= 15 is 0 Å². The van der Waals surface area contributed by atoms with Crippen LogP contribution in [-0.4, -0.2) is 27.2 Å². The van der Waals surface area contributed by atoms with Gasteiger partial charge in [-0.3, -0.25) is 4.79 Å². The standard InChI is InChI=1S/C14H11NO5/c16-10-5-6-12(17)11(7-10)13(18)15-9-3-1-8(2-4-9)14(19)20/h1-7,16-17H,(H,15,18)(H,19,20). The third-order valence-electron chi connectivity index (χ3n) is 2.61. The maximum Gasteiger partial charge on any atom is 0.335 e. The van der Waals surface area contributed by atoms with Gasteiger partial charge in [-0.1, -0.05) is 0 Å². The zero-order chi connectivity index (χ0) is 14.7. The highest BCUT2D eigenvalue weighted by atomic mass is 16.4. The van der Waals surface area contributed by atoms with Crippen LogP contribution in [0.1, 0.15) is 20.7 Å². The van der Waals surface area contributed by atoms with E-state index in [1.54, 1.807) is 0 Å². The lowest BCUT2D eigenvalue weighted by atomic mass is 10.1. The van der Waals surface area contributed by atoms with Crippen LogP contribution in [0.3, 0.4) is 0 Å². The number of aromatic hydroxyl groups is 2. The van der Waals surface area contributed by atoms with E-state index < -0.39 is 11.9 Å². The number of nitrogens with one attached hydrogen (secondary N) is 1. The van der Waals surface area contributed by atoms with Crippen molar-refractivity contribution in [1.82, 2.24) is 0 Å². The lowest BCUT2D eigenvalue weighted by Crippen LogP contribution is -2.12. The number of carbonyl (C=O) groups excluding carboxylic acids is 1. The monoisotopic (exact) mass is 273 g/mol. The van der Waals surface area contributed by atoms with Gasteiger partial charge in [-0.15, -0.1) is 0 Å². The maximum absolute atomic E-state index is 11.9. The molecular weight excluding hydrogens is 262 g/mol. The van der Waals surface area contributed by atoms with Gasteiger partial charge in [0.25, 0.3) is 5.91 Å². The van der Waals surface area contributed by atoms with Crippen molar-refractivity contribution in [2.24, 2.45) is 0 Å². The SMILES string of the molecule is O=C(O)c1ccc(NC(=O)c2cc(O)ccc2O)cc1. The lowest BCUT2D eigenvalue weighted by molar-refractivity contribution is 0.0696. The van der Waals surface area contributed by atoms with Gasteiger partial charge in [0.05, 0.1) is 11.1 Å². The summed E-state index contributed by atoms with van der Waals surface area (Å²) < 4.78 is 0. The van der Waals surface area contributed by atoms with Gasteiger partial charge < -0.3 is 20.6 Å². The summed E-state index contributed by atoms with van der Waals surface area (Å²) in [5, 5.41) is 30.1. The average molecular weight is 273 g/mol. The van der Waals surface area contributed by atoms with Crippen molar-refractivity contribution >= 4 is 17.6 Å². The number of hydrogen-bond donors (Lipinski definition) is 4. The molecular formula is C14H11NO5. The number of carbonyl (C=O) groups is 2. The number of phenols is 2. The van der Waals surface area contributed by atoms with Crippen LogP contribution in [0.2, 0.25) is 0 Å². The number of aromatic carboxylic acids is 1. The Morgan fingerprint density at radius 1 is 0.950 bits per heavy atom. The first kappa shape index (κ1) is 13.4. The Hall–Kier alpha value is -3.02. The molecule has 0 aliphatic rings. The fraction of sp³-hybridized carbons (Fsp3) is 0. The maximum atomic E-state index is 11.9. The molecule has 102 valence electrons. The largest absolute Gasteiger partial charge is 0.508 e. The number of anilines is 1. The molecule has 0 bridgehead atoms. The van der Waals surface area contributed by atoms with Gasteiger partial charge in [-0.05, 0) is 42.5 Å². The molecule has 0 unspecified atom stereocenters. The Kier molecular flexibility index (Phi) is 3.56. The van der Waals surface area contributed by atoms with Gasteiger partial charge in [-0.2, -0.15) is 0 Å². The number of phenolic OH excluding ortho intramolecular Hbond substituents is 2. The number of carboxylic acids is 1. The Morgan fingerprint density at radius 3 is 2.20 bits per heavy atom. The lowest BCUT2D eigenvalue weighted by Gasteiger charge is -2.07. The molecule has 0 spiro atoms. The first-order chi connectivity index (χ1) is 9.47. The van der Waals surface area contributed by atoms with Crippen LogP contribution in [0, 0.1) is 0 Å². The van der Waals surface area contributed by atoms with E-state index in [1.165, 1.54) is 36.4 Å². The van der Waals surface area contributed by atoms with Crippen LogP contribution in [0.5, 0.6) is 11.5 Å². The predicted octanol–water partition coefficient (Wildman–Crippen LogP) is 2.05. The van der Waals surface area contributed by atoms with E-state index in [0.29, 0.717) is 5.69 Å². The summed E-state index contributed by atoms with van der Waals surface area (Å²) in [6.07, 6.45) is 0. The minimum absolute atomic E-state index is 0.0766. The number of benzene rings is 2. The van der Waals surface area contributed by atoms with Gasteiger partial charge in [0.15, 0.2) is 0 Å². The molecule has 2 aromatic rings. The van der Waals surface area contributed by atoms with Gasteiger partial charge in [0, 0.05) is 5.69 Å². The molecule has 0 aliphatic carbocycles. The predicted molar refractivity (Wildman–Crippen MR) is 71.1 cm³/mol. The second-order valence-electron chi connectivity index (χ2n) is 4.04. The van der Waals surface area contributed by atoms with Gasteiger partial charge in [0.2, 0.25) is 0 Å². The van der Waals surface area contributed by atoms with Crippen molar-refractivity contribution in [3.8, 4) is 11.5 Å². The molecule has 0 saturated carbocycles. The zero-order valence-corrected chi connectivity index (χ0v) is 10.2. The molecule has 0 fully saturated rings. The molecule has 0 heterocycles. The summed E-state index contributed by atoms with van der Waals surface area (Å²) >= 11 is 0. The van der Waals surface area contributed by atoms with Crippen molar-refractivity contribution in [2.45, 2.75) is 0 Å². The average Bonchev–Trinajstić information content (AvgIpc) is 2.42. The number of hydrogen-bond acceptors (Lipinski definition) is 4. The molecule has 6 heteroatoms. The van der Waals surface area contributed by atoms with Gasteiger partial charge in [0.1, 0.15) is 11.5 Å². The Morgan fingerprint density at radius 2 is 1.60 bits per heavy atom. The quantitative estimate of drug-likeness (QED) is 0.640. The van der Waals surface area contributed by atoms with E-state index in [0.717, 1.165) is 6.07 Å². The number of rotatable bonds is 3. The minimum atomic E-state index is -1.06. The first-order valence-corrected chi connectivity index (χ1v) is 5.64. The molecule has 0 saturated heterocycles. The number of carboxylic acid groups (broad SMARTS) is 1. The van der Waals surface area contributed by atoms with Crippen molar-refractivity contribution < 1.29 is 24.9 Å². The first-order valence-electron chi connectivity index (χ1n) is 5.64.